The van der Waals surface area contributed by atoms with Crippen molar-refractivity contribution in [1.29, 1.82) is 0 Å². The van der Waals surface area contributed by atoms with Crippen LogP contribution in [0.15, 0.2) is 24.3 Å². The molecular weight excluding hydrogens is 302 g/mol. The quantitative estimate of drug-likeness (QED) is 0.862. The van der Waals surface area contributed by atoms with Crippen LogP contribution in [0.2, 0.25) is 5.02 Å². The number of amides is 1. The predicted octanol–water partition coefficient (Wildman–Crippen LogP) is 3.58. The zero-order valence-corrected chi connectivity index (χ0v) is 13.7. The molecule has 4 nitrogen and oxygen atoms in total. The lowest BCUT2D eigenvalue weighted by Crippen LogP contribution is -2.45. The van der Waals surface area contributed by atoms with Crippen molar-refractivity contribution in [1.82, 2.24) is 5.32 Å². The highest BCUT2D eigenvalue weighted by molar-refractivity contribution is 6.30. The average molecular weight is 324 g/mol. The number of hydrogen-bond donors (Lipinski definition) is 1. The summed E-state index contributed by atoms with van der Waals surface area (Å²) in [4.78, 5) is 24.2. The number of halogens is 1. The fourth-order valence-corrected chi connectivity index (χ4v) is 2.92. The maximum Gasteiger partial charge on any atom is 0.338 e. The summed E-state index contributed by atoms with van der Waals surface area (Å²) in [5, 5.41) is 3.46. The Balaban J connectivity index is 1.89. The molecule has 0 saturated heterocycles. The second-order valence-corrected chi connectivity index (χ2v) is 6.37. The van der Waals surface area contributed by atoms with Gasteiger partial charge in [-0.3, -0.25) is 4.79 Å². The third kappa shape index (κ3) is 4.47. The summed E-state index contributed by atoms with van der Waals surface area (Å²) >= 11 is 5.85. The Bertz CT molecular complexity index is 546. The van der Waals surface area contributed by atoms with E-state index in [0.29, 0.717) is 16.5 Å². The van der Waals surface area contributed by atoms with Crippen LogP contribution in [0.1, 0.15) is 49.9 Å². The van der Waals surface area contributed by atoms with Crippen LogP contribution in [-0.2, 0) is 9.53 Å². The van der Waals surface area contributed by atoms with Crippen LogP contribution in [-0.4, -0.2) is 24.0 Å². The van der Waals surface area contributed by atoms with E-state index in [9.17, 15) is 9.59 Å². The number of ether oxygens (including phenoxy) is 1. The van der Waals surface area contributed by atoms with Crippen molar-refractivity contribution in [2.75, 3.05) is 0 Å². The number of benzene rings is 1. The van der Waals surface area contributed by atoms with E-state index in [1.165, 1.54) is 12.5 Å². The fourth-order valence-electron chi connectivity index (χ4n) is 2.73. The van der Waals surface area contributed by atoms with Gasteiger partial charge in [-0.2, -0.15) is 0 Å². The van der Waals surface area contributed by atoms with Crippen molar-refractivity contribution >= 4 is 23.5 Å². The Labute approximate surface area is 136 Å². The second kappa shape index (κ2) is 7.63. The van der Waals surface area contributed by atoms with Crippen LogP contribution in [0.25, 0.3) is 0 Å². The first-order chi connectivity index (χ1) is 10.5. The largest absolute Gasteiger partial charge is 0.449 e. The summed E-state index contributed by atoms with van der Waals surface area (Å²) in [7, 11) is 0. The highest BCUT2D eigenvalue weighted by Crippen LogP contribution is 2.23. The molecule has 0 radical (unpaired) electrons. The molecule has 0 aromatic heterocycles. The molecule has 0 bridgehead atoms. The molecule has 1 aliphatic rings. The third-order valence-electron chi connectivity index (χ3n) is 4.15. The number of carbonyl (C=O) groups excluding carboxylic acids is 2. The van der Waals surface area contributed by atoms with Crippen molar-refractivity contribution in [2.45, 2.75) is 51.7 Å². The molecule has 2 rings (SSSR count). The SMILES string of the molecule is C[C@H](OC(=O)c1cccc(Cl)c1)C(=O)N[C@@H]1CCCC[C@H]1C. The van der Waals surface area contributed by atoms with Crippen molar-refractivity contribution in [2.24, 2.45) is 5.92 Å². The minimum Gasteiger partial charge on any atom is -0.449 e. The Morgan fingerprint density at radius 2 is 2.05 bits per heavy atom. The van der Waals surface area contributed by atoms with Gasteiger partial charge in [0.25, 0.3) is 5.91 Å². The number of hydrogen-bond acceptors (Lipinski definition) is 3. The Kier molecular flexibility index (Phi) is 5.83. The molecular formula is C17H22ClNO3. The molecule has 0 unspecified atom stereocenters. The lowest BCUT2D eigenvalue weighted by molar-refractivity contribution is -0.130. The van der Waals surface area contributed by atoms with Gasteiger partial charge >= 0.3 is 5.97 Å². The molecule has 1 aliphatic carbocycles. The van der Waals surface area contributed by atoms with Crippen LogP contribution in [0.4, 0.5) is 0 Å². The molecule has 0 spiro atoms. The molecule has 1 aromatic carbocycles. The van der Waals surface area contributed by atoms with Crippen LogP contribution in [0.5, 0.6) is 0 Å². The summed E-state index contributed by atoms with van der Waals surface area (Å²) in [6.07, 6.45) is 3.64. The van der Waals surface area contributed by atoms with Gasteiger partial charge in [-0.1, -0.05) is 37.4 Å². The monoisotopic (exact) mass is 323 g/mol. The molecule has 1 amide bonds. The molecule has 0 heterocycles. The van der Waals surface area contributed by atoms with Gasteiger partial charge in [0.2, 0.25) is 0 Å². The molecule has 120 valence electrons. The average Bonchev–Trinajstić information content (AvgIpc) is 2.49. The zero-order chi connectivity index (χ0) is 16.1. The summed E-state index contributed by atoms with van der Waals surface area (Å²) in [5.74, 6) is -0.315. The summed E-state index contributed by atoms with van der Waals surface area (Å²) < 4.78 is 5.22. The number of esters is 1. The van der Waals surface area contributed by atoms with Crippen LogP contribution < -0.4 is 5.32 Å². The van der Waals surface area contributed by atoms with E-state index >= 15 is 0 Å². The van der Waals surface area contributed by atoms with Crippen molar-refractivity contribution in [3.63, 3.8) is 0 Å². The highest BCUT2D eigenvalue weighted by atomic mass is 35.5. The Morgan fingerprint density at radius 3 is 2.73 bits per heavy atom. The van der Waals surface area contributed by atoms with Crippen molar-refractivity contribution in [3.8, 4) is 0 Å². The van der Waals surface area contributed by atoms with E-state index < -0.39 is 12.1 Å². The van der Waals surface area contributed by atoms with Gasteiger partial charge < -0.3 is 10.1 Å². The van der Waals surface area contributed by atoms with E-state index in [2.05, 4.69) is 12.2 Å². The molecule has 3 atom stereocenters. The number of nitrogens with one attached hydrogen (secondary N) is 1. The van der Waals surface area contributed by atoms with E-state index in [0.717, 1.165) is 19.3 Å². The van der Waals surface area contributed by atoms with E-state index in [4.69, 9.17) is 16.3 Å². The standard InChI is InChI=1S/C17H22ClNO3/c1-11-6-3-4-9-15(11)19-16(20)12(2)22-17(21)13-7-5-8-14(18)10-13/h5,7-8,10-12,15H,3-4,6,9H2,1-2H3,(H,19,20)/t11-,12+,15-/m1/s1. The van der Waals surface area contributed by atoms with Crippen LogP contribution in [0, 0.1) is 5.92 Å². The first kappa shape index (κ1) is 16.8. The van der Waals surface area contributed by atoms with Crippen LogP contribution >= 0.6 is 11.6 Å². The molecule has 1 aromatic rings. The van der Waals surface area contributed by atoms with Gasteiger partial charge in [-0.05, 0) is 43.9 Å². The first-order valence-electron chi connectivity index (χ1n) is 7.74. The zero-order valence-electron chi connectivity index (χ0n) is 13.0. The summed E-state index contributed by atoms with van der Waals surface area (Å²) in [5.41, 5.74) is 0.346. The van der Waals surface area contributed by atoms with E-state index in [-0.39, 0.29) is 11.9 Å². The Morgan fingerprint density at radius 1 is 1.32 bits per heavy atom. The topological polar surface area (TPSA) is 55.4 Å². The highest BCUT2D eigenvalue weighted by Gasteiger charge is 2.26. The van der Waals surface area contributed by atoms with Gasteiger partial charge in [0.05, 0.1) is 5.56 Å². The molecule has 1 saturated carbocycles. The molecule has 0 aliphatic heterocycles. The molecule has 5 heteroatoms. The molecule has 1 N–H and O–H groups in total. The van der Waals surface area contributed by atoms with Crippen molar-refractivity contribution in [3.05, 3.63) is 34.9 Å². The van der Waals surface area contributed by atoms with Gasteiger partial charge in [0.1, 0.15) is 0 Å². The van der Waals surface area contributed by atoms with Gasteiger partial charge in [0.15, 0.2) is 6.10 Å². The van der Waals surface area contributed by atoms with Gasteiger partial charge in [0, 0.05) is 11.1 Å². The molecule has 22 heavy (non-hydrogen) atoms. The second-order valence-electron chi connectivity index (χ2n) is 5.93. The van der Waals surface area contributed by atoms with Crippen molar-refractivity contribution < 1.29 is 14.3 Å². The third-order valence-corrected chi connectivity index (χ3v) is 4.39. The number of carbonyl (C=O) groups is 2. The molecule has 1 fully saturated rings. The van der Waals surface area contributed by atoms with Crippen LogP contribution in [0.3, 0.4) is 0 Å². The number of rotatable bonds is 4. The normalized spacial score (nSPS) is 22.7. The lowest BCUT2D eigenvalue weighted by atomic mass is 9.86. The fraction of sp³-hybridized carbons (Fsp3) is 0.529. The van der Waals surface area contributed by atoms with E-state index in [1.807, 2.05) is 0 Å². The minimum atomic E-state index is -0.819. The minimum absolute atomic E-state index is 0.175. The predicted molar refractivity (Wildman–Crippen MR) is 85.9 cm³/mol. The lowest BCUT2D eigenvalue weighted by Gasteiger charge is -2.30. The maximum absolute atomic E-state index is 12.2. The maximum atomic E-state index is 12.2. The van der Waals surface area contributed by atoms with E-state index in [1.54, 1.807) is 25.1 Å². The van der Waals surface area contributed by atoms with Gasteiger partial charge in [-0.25, -0.2) is 4.79 Å². The van der Waals surface area contributed by atoms with Gasteiger partial charge in [-0.15, -0.1) is 0 Å². The summed E-state index contributed by atoms with van der Waals surface area (Å²) in [6.45, 7) is 3.73. The Hall–Kier alpha value is -1.55. The smallest absolute Gasteiger partial charge is 0.338 e. The summed E-state index contributed by atoms with van der Waals surface area (Å²) in [6, 6.07) is 6.67. The first-order valence-corrected chi connectivity index (χ1v) is 8.12.